The number of carboxylic acid groups (broad SMARTS) is 1. The van der Waals surface area contributed by atoms with Gasteiger partial charge in [-0.1, -0.05) is 6.92 Å². The summed E-state index contributed by atoms with van der Waals surface area (Å²) in [5, 5.41) is 9.30. The molecule has 6 heteroatoms. The molecule has 2 heterocycles. The first-order chi connectivity index (χ1) is 13.0. The minimum absolute atomic E-state index is 0.0934. The number of methoxy groups -OCH3 is 1. The van der Waals surface area contributed by atoms with E-state index in [1.807, 2.05) is 16.7 Å². The van der Waals surface area contributed by atoms with Gasteiger partial charge in [-0.15, -0.1) is 0 Å². The summed E-state index contributed by atoms with van der Waals surface area (Å²) in [6.07, 6.45) is 5.49. The summed E-state index contributed by atoms with van der Waals surface area (Å²) >= 11 is 0. The molecule has 2 aliphatic rings. The molecule has 1 fully saturated rings. The van der Waals surface area contributed by atoms with Gasteiger partial charge in [0.2, 0.25) is 0 Å². The van der Waals surface area contributed by atoms with Crippen LogP contribution in [-0.2, 0) is 6.42 Å². The quantitative estimate of drug-likeness (QED) is 0.843. The van der Waals surface area contributed by atoms with E-state index in [4.69, 9.17) is 9.47 Å². The monoisotopic (exact) mass is 369 g/mol. The van der Waals surface area contributed by atoms with Crippen LogP contribution in [0.3, 0.4) is 0 Å². The molecule has 6 nitrogen and oxygen atoms in total. The summed E-state index contributed by atoms with van der Waals surface area (Å²) in [5.74, 6) is 0.807. The van der Waals surface area contributed by atoms with E-state index >= 15 is 0 Å². The minimum Gasteiger partial charge on any atom is -0.493 e. The number of nitrogens with zero attached hydrogens (tertiary/aromatic N) is 1. The average molecular weight is 369 g/mol. The topological polar surface area (TPSA) is 77.8 Å². The molecule has 1 aromatic carbocycles. The van der Waals surface area contributed by atoms with E-state index in [1.54, 1.807) is 7.11 Å². The highest BCUT2D eigenvalue weighted by molar-refractivity contribution is 5.87. The van der Waals surface area contributed by atoms with Gasteiger partial charge in [-0.2, -0.15) is 0 Å². The first-order valence-electron chi connectivity index (χ1n) is 9.35. The molecule has 0 saturated heterocycles. The van der Waals surface area contributed by atoms with Crippen molar-refractivity contribution in [2.24, 2.45) is 5.92 Å². The number of benzene rings is 1. The van der Waals surface area contributed by atoms with Gasteiger partial charge in [0, 0.05) is 23.9 Å². The number of aromatic nitrogens is 1. The Morgan fingerprint density at radius 1 is 1.26 bits per heavy atom. The molecule has 1 N–H and O–H groups in total. The third-order valence-electron chi connectivity index (χ3n) is 5.47. The Hall–Kier alpha value is -2.76. The lowest BCUT2D eigenvalue weighted by Crippen LogP contribution is -2.25. The molecule has 0 amide bonds. The highest BCUT2D eigenvalue weighted by Crippen LogP contribution is 2.42. The van der Waals surface area contributed by atoms with Crippen LogP contribution in [0.5, 0.6) is 11.5 Å². The fourth-order valence-corrected chi connectivity index (χ4v) is 3.70. The Kier molecular flexibility index (Phi) is 4.42. The van der Waals surface area contributed by atoms with E-state index in [2.05, 4.69) is 6.92 Å². The van der Waals surface area contributed by atoms with Crippen molar-refractivity contribution in [3.05, 3.63) is 45.7 Å². The van der Waals surface area contributed by atoms with Crippen LogP contribution in [0.4, 0.5) is 0 Å². The van der Waals surface area contributed by atoms with Crippen molar-refractivity contribution < 1.29 is 19.4 Å². The Morgan fingerprint density at radius 3 is 2.67 bits per heavy atom. The van der Waals surface area contributed by atoms with Crippen molar-refractivity contribution in [2.75, 3.05) is 13.7 Å². The molecule has 0 bridgehead atoms. The van der Waals surface area contributed by atoms with Crippen LogP contribution < -0.4 is 14.9 Å². The maximum absolute atomic E-state index is 12.3. The molecule has 2 aromatic rings. The zero-order valence-electron chi connectivity index (χ0n) is 15.5. The van der Waals surface area contributed by atoms with Crippen LogP contribution in [0.25, 0.3) is 11.3 Å². The Labute approximate surface area is 157 Å². The van der Waals surface area contributed by atoms with Crippen molar-refractivity contribution >= 4 is 5.97 Å². The molecule has 1 unspecified atom stereocenters. The Morgan fingerprint density at radius 2 is 2.04 bits per heavy atom. The number of hydrogen-bond donors (Lipinski definition) is 1. The summed E-state index contributed by atoms with van der Waals surface area (Å²) < 4.78 is 13.4. The van der Waals surface area contributed by atoms with Crippen molar-refractivity contribution in [1.82, 2.24) is 4.57 Å². The molecule has 0 radical (unpaired) electrons. The van der Waals surface area contributed by atoms with E-state index in [1.165, 1.54) is 25.1 Å². The zero-order chi connectivity index (χ0) is 19.1. The lowest BCUT2D eigenvalue weighted by molar-refractivity contribution is 0.0694. The number of ether oxygens (including phenoxy) is 2. The molecule has 1 aliphatic carbocycles. The van der Waals surface area contributed by atoms with Crippen LogP contribution >= 0.6 is 0 Å². The van der Waals surface area contributed by atoms with Gasteiger partial charge in [0.05, 0.1) is 19.4 Å². The molecule has 4 rings (SSSR count). The molecular weight excluding hydrogens is 346 g/mol. The number of carbonyl (C=O) groups is 1. The smallest absolute Gasteiger partial charge is 0.341 e. The normalized spacial score (nSPS) is 17.8. The van der Waals surface area contributed by atoms with E-state index < -0.39 is 11.4 Å². The summed E-state index contributed by atoms with van der Waals surface area (Å²) in [4.78, 5) is 23.7. The average Bonchev–Trinajstić information content (AvgIpc) is 3.48. The van der Waals surface area contributed by atoms with E-state index in [0.29, 0.717) is 18.3 Å². The van der Waals surface area contributed by atoms with Gasteiger partial charge in [-0.25, -0.2) is 4.79 Å². The molecule has 0 spiro atoms. The second-order valence-corrected chi connectivity index (χ2v) is 7.33. The maximum Gasteiger partial charge on any atom is 0.341 e. The standard InChI is InChI=1S/C21H23NO5/c1-3-14-6-13-7-20(27-11-12-4-5-12)19(26-2)8-15(13)17-9-18(23)16(21(24)25)10-22(14)17/h7-10,12,14H,3-6,11H2,1-2H3,(H,24,25). The number of aromatic carboxylic acids is 1. The minimum atomic E-state index is -1.20. The SMILES string of the molecule is CCC1Cc2cc(OCC3CC3)c(OC)cc2-c2cc(=O)c(C(=O)O)cn21. The van der Waals surface area contributed by atoms with E-state index in [0.717, 1.165) is 35.4 Å². The van der Waals surface area contributed by atoms with Crippen LogP contribution in [0, 0.1) is 5.92 Å². The van der Waals surface area contributed by atoms with Crippen LogP contribution in [0.15, 0.2) is 29.2 Å². The second-order valence-electron chi connectivity index (χ2n) is 7.33. The van der Waals surface area contributed by atoms with Crippen molar-refractivity contribution in [1.29, 1.82) is 0 Å². The molecular formula is C21H23NO5. The van der Waals surface area contributed by atoms with Crippen molar-refractivity contribution in [3.63, 3.8) is 0 Å². The lowest BCUT2D eigenvalue weighted by Gasteiger charge is -2.31. The van der Waals surface area contributed by atoms with E-state index in [-0.39, 0.29) is 11.6 Å². The van der Waals surface area contributed by atoms with Gasteiger partial charge < -0.3 is 19.1 Å². The summed E-state index contributed by atoms with van der Waals surface area (Å²) in [5.41, 5.74) is 2.03. The third-order valence-corrected chi connectivity index (χ3v) is 5.47. The largest absolute Gasteiger partial charge is 0.493 e. The third kappa shape index (κ3) is 3.20. The lowest BCUT2D eigenvalue weighted by atomic mass is 9.90. The van der Waals surface area contributed by atoms with E-state index in [9.17, 15) is 14.7 Å². The van der Waals surface area contributed by atoms with Gasteiger partial charge in [-0.3, -0.25) is 4.79 Å². The fraction of sp³-hybridized carbons (Fsp3) is 0.429. The van der Waals surface area contributed by atoms with Crippen LogP contribution in [-0.4, -0.2) is 29.4 Å². The second kappa shape index (κ2) is 6.76. The first kappa shape index (κ1) is 17.6. The summed E-state index contributed by atoms with van der Waals surface area (Å²) in [6, 6.07) is 5.43. The number of fused-ring (bicyclic) bond motifs is 3. The summed E-state index contributed by atoms with van der Waals surface area (Å²) in [6.45, 7) is 2.76. The molecule has 1 atom stereocenters. The molecule has 142 valence electrons. The van der Waals surface area contributed by atoms with Crippen molar-refractivity contribution in [2.45, 2.75) is 38.6 Å². The molecule has 27 heavy (non-hydrogen) atoms. The van der Waals surface area contributed by atoms with Gasteiger partial charge >= 0.3 is 5.97 Å². The number of pyridine rings is 1. The fourth-order valence-electron chi connectivity index (χ4n) is 3.70. The number of hydrogen-bond acceptors (Lipinski definition) is 4. The predicted molar refractivity (Wildman–Crippen MR) is 101 cm³/mol. The zero-order valence-corrected chi connectivity index (χ0v) is 15.5. The maximum atomic E-state index is 12.3. The van der Waals surface area contributed by atoms with Crippen LogP contribution in [0.1, 0.15) is 48.1 Å². The Balaban J connectivity index is 1.83. The van der Waals surface area contributed by atoms with Crippen LogP contribution in [0.2, 0.25) is 0 Å². The summed E-state index contributed by atoms with van der Waals surface area (Å²) in [7, 11) is 1.60. The van der Waals surface area contributed by atoms with Gasteiger partial charge in [-0.05, 0) is 49.3 Å². The molecule has 1 aromatic heterocycles. The first-order valence-corrected chi connectivity index (χ1v) is 9.35. The number of carboxylic acids is 1. The van der Waals surface area contributed by atoms with Crippen molar-refractivity contribution in [3.8, 4) is 22.8 Å². The van der Waals surface area contributed by atoms with Gasteiger partial charge in [0.25, 0.3) is 0 Å². The highest BCUT2D eigenvalue weighted by Gasteiger charge is 2.28. The molecule has 1 aliphatic heterocycles. The predicted octanol–water partition coefficient (Wildman–Crippen LogP) is 3.52. The molecule has 1 saturated carbocycles. The Bertz CT molecular complexity index is 958. The van der Waals surface area contributed by atoms with Gasteiger partial charge in [0.1, 0.15) is 5.56 Å². The number of rotatable bonds is 6. The van der Waals surface area contributed by atoms with Gasteiger partial charge in [0.15, 0.2) is 16.9 Å². The highest BCUT2D eigenvalue weighted by atomic mass is 16.5.